The van der Waals surface area contributed by atoms with Crippen molar-refractivity contribution in [2.45, 2.75) is 46.1 Å². The Bertz CT molecular complexity index is 485. The molecule has 23 heavy (non-hydrogen) atoms. The summed E-state index contributed by atoms with van der Waals surface area (Å²) in [6, 6.07) is 8.61. The number of carbonyl (C=O) groups is 1. The predicted molar refractivity (Wildman–Crippen MR) is 93.7 cm³/mol. The van der Waals surface area contributed by atoms with E-state index >= 15 is 0 Å². The molecular formula is C19H30N2O2. The van der Waals surface area contributed by atoms with E-state index < -0.39 is 0 Å². The van der Waals surface area contributed by atoms with Crippen LogP contribution in [0.1, 0.15) is 39.2 Å². The Morgan fingerprint density at radius 3 is 2.74 bits per heavy atom. The van der Waals surface area contributed by atoms with Gasteiger partial charge in [-0.2, -0.15) is 0 Å². The molecule has 1 aliphatic heterocycles. The van der Waals surface area contributed by atoms with Gasteiger partial charge in [-0.05, 0) is 56.3 Å². The van der Waals surface area contributed by atoms with Crippen LogP contribution in [0.25, 0.3) is 0 Å². The van der Waals surface area contributed by atoms with Crippen LogP contribution in [0.3, 0.4) is 0 Å². The van der Waals surface area contributed by atoms with E-state index in [0.717, 1.165) is 38.2 Å². The zero-order valence-corrected chi connectivity index (χ0v) is 14.6. The van der Waals surface area contributed by atoms with Gasteiger partial charge in [-0.25, -0.2) is 0 Å². The molecule has 1 amide bonds. The Morgan fingerprint density at radius 1 is 1.35 bits per heavy atom. The van der Waals surface area contributed by atoms with Crippen LogP contribution in [-0.2, 0) is 11.2 Å². The molecule has 4 heteroatoms. The van der Waals surface area contributed by atoms with Crippen LogP contribution in [0.15, 0.2) is 24.3 Å². The molecule has 0 bridgehead atoms. The molecule has 1 aliphatic rings. The van der Waals surface area contributed by atoms with Gasteiger partial charge in [0.2, 0.25) is 5.91 Å². The van der Waals surface area contributed by atoms with Crippen LogP contribution in [0.4, 0.5) is 0 Å². The molecule has 2 N–H and O–H groups in total. The Morgan fingerprint density at radius 2 is 2.09 bits per heavy atom. The molecule has 1 aromatic carbocycles. The van der Waals surface area contributed by atoms with Crippen LogP contribution in [-0.4, -0.2) is 31.6 Å². The first-order chi connectivity index (χ1) is 11.0. The number of carbonyl (C=O) groups excluding carboxylic acids is 1. The Hall–Kier alpha value is -1.55. The summed E-state index contributed by atoms with van der Waals surface area (Å²) in [6.07, 6.45) is 2.74. The highest BCUT2D eigenvalue weighted by atomic mass is 16.5. The molecule has 0 saturated carbocycles. The second kappa shape index (κ2) is 8.92. The third-order valence-electron chi connectivity index (χ3n) is 4.21. The maximum atomic E-state index is 12.2. The third kappa shape index (κ3) is 6.22. The van der Waals surface area contributed by atoms with Gasteiger partial charge < -0.3 is 15.4 Å². The van der Waals surface area contributed by atoms with Gasteiger partial charge in [0.25, 0.3) is 0 Å². The van der Waals surface area contributed by atoms with Crippen LogP contribution >= 0.6 is 0 Å². The molecule has 0 unspecified atom stereocenters. The number of piperidine rings is 1. The van der Waals surface area contributed by atoms with Gasteiger partial charge in [0.15, 0.2) is 0 Å². The average molecular weight is 318 g/mol. The van der Waals surface area contributed by atoms with Gasteiger partial charge in [0.05, 0.1) is 6.61 Å². The topological polar surface area (TPSA) is 50.4 Å². The summed E-state index contributed by atoms with van der Waals surface area (Å²) in [4.78, 5) is 12.2. The summed E-state index contributed by atoms with van der Waals surface area (Å²) in [6.45, 7) is 8.80. The van der Waals surface area contributed by atoms with Crippen molar-refractivity contribution in [3.05, 3.63) is 29.8 Å². The summed E-state index contributed by atoms with van der Waals surface area (Å²) < 4.78 is 5.68. The molecule has 1 saturated heterocycles. The first kappa shape index (κ1) is 17.8. The third-order valence-corrected chi connectivity index (χ3v) is 4.21. The van der Waals surface area contributed by atoms with E-state index in [4.69, 9.17) is 4.74 Å². The second-order valence-corrected chi connectivity index (χ2v) is 6.97. The van der Waals surface area contributed by atoms with E-state index in [1.54, 1.807) is 0 Å². The number of ether oxygens (including phenoxy) is 1. The number of amides is 1. The predicted octanol–water partition coefficient (Wildman–Crippen LogP) is 2.77. The molecular weight excluding hydrogens is 288 g/mol. The minimum atomic E-state index is 0.165. The first-order valence-corrected chi connectivity index (χ1v) is 8.77. The van der Waals surface area contributed by atoms with Crippen molar-refractivity contribution in [3.8, 4) is 5.75 Å². The lowest BCUT2D eigenvalue weighted by Crippen LogP contribution is -2.42. The molecule has 0 spiro atoms. The SMILES string of the molecule is CC(C)COc1ccc(CCNC(=O)[C@H]2CCN[C@@H](C)C2)cc1. The highest BCUT2D eigenvalue weighted by Crippen LogP contribution is 2.16. The quantitative estimate of drug-likeness (QED) is 0.813. The zero-order valence-electron chi connectivity index (χ0n) is 14.6. The van der Waals surface area contributed by atoms with E-state index in [-0.39, 0.29) is 11.8 Å². The van der Waals surface area contributed by atoms with Gasteiger partial charge in [0.1, 0.15) is 5.75 Å². The molecule has 2 rings (SSSR count). The number of nitrogens with one attached hydrogen (secondary N) is 2. The van der Waals surface area contributed by atoms with Crippen LogP contribution in [0.2, 0.25) is 0 Å². The van der Waals surface area contributed by atoms with Gasteiger partial charge in [0, 0.05) is 18.5 Å². The fourth-order valence-corrected chi connectivity index (χ4v) is 2.86. The summed E-state index contributed by atoms with van der Waals surface area (Å²) in [5.41, 5.74) is 1.22. The molecule has 1 fully saturated rings. The van der Waals surface area contributed by atoms with Crippen molar-refractivity contribution in [2.75, 3.05) is 19.7 Å². The summed E-state index contributed by atoms with van der Waals surface area (Å²) in [5, 5.41) is 6.46. The lowest BCUT2D eigenvalue weighted by Gasteiger charge is -2.27. The number of hydrogen-bond acceptors (Lipinski definition) is 3. The maximum Gasteiger partial charge on any atom is 0.223 e. The second-order valence-electron chi connectivity index (χ2n) is 6.97. The summed E-state index contributed by atoms with van der Waals surface area (Å²) in [7, 11) is 0. The largest absolute Gasteiger partial charge is 0.493 e. The van der Waals surface area contributed by atoms with Crippen molar-refractivity contribution in [1.29, 1.82) is 0 Å². The van der Waals surface area contributed by atoms with Gasteiger partial charge in [-0.3, -0.25) is 4.79 Å². The van der Waals surface area contributed by atoms with Gasteiger partial charge in [-0.1, -0.05) is 26.0 Å². The highest BCUT2D eigenvalue weighted by Gasteiger charge is 2.24. The van der Waals surface area contributed by atoms with Crippen molar-refractivity contribution >= 4 is 5.91 Å². The van der Waals surface area contributed by atoms with Crippen LogP contribution in [0, 0.1) is 11.8 Å². The van der Waals surface area contributed by atoms with E-state index in [2.05, 4.69) is 43.5 Å². The number of hydrogen-bond donors (Lipinski definition) is 2. The minimum Gasteiger partial charge on any atom is -0.493 e. The fraction of sp³-hybridized carbons (Fsp3) is 0.632. The Balaban J connectivity index is 1.70. The maximum absolute atomic E-state index is 12.2. The lowest BCUT2D eigenvalue weighted by molar-refractivity contribution is -0.126. The first-order valence-electron chi connectivity index (χ1n) is 8.77. The summed E-state index contributed by atoms with van der Waals surface area (Å²) >= 11 is 0. The molecule has 4 nitrogen and oxygen atoms in total. The van der Waals surface area contributed by atoms with E-state index in [1.807, 2.05) is 12.1 Å². The average Bonchev–Trinajstić information content (AvgIpc) is 2.54. The molecule has 0 aliphatic carbocycles. The molecule has 0 aromatic heterocycles. The standard InChI is InChI=1S/C19H30N2O2/c1-14(2)13-23-18-6-4-16(5-7-18)8-10-21-19(22)17-9-11-20-15(3)12-17/h4-7,14-15,17,20H,8-13H2,1-3H3,(H,21,22)/t15-,17-/m0/s1. The normalized spacial score (nSPS) is 21.2. The lowest BCUT2D eigenvalue weighted by atomic mass is 9.92. The zero-order chi connectivity index (χ0) is 16.7. The van der Waals surface area contributed by atoms with Crippen molar-refractivity contribution < 1.29 is 9.53 Å². The Kier molecular flexibility index (Phi) is 6.90. The van der Waals surface area contributed by atoms with Crippen LogP contribution in [0.5, 0.6) is 5.75 Å². The molecule has 0 radical (unpaired) electrons. The van der Waals surface area contributed by atoms with Crippen molar-refractivity contribution in [1.82, 2.24) is 10.6 Å². The number of rotatable bonds is 7. The molecule has 1 aromatic rings. The van der Waals surface area contributed by atoms with Gasteiger partial charge >= 0.3 is 0 Å². The van der Waals surface area contributed by atoms with E-state index in [9.17, 15) is 4.79 Å². The van der Waals surface area contributed by atoms with Gasteiger partial charge in [-0.15, -0.1) is 0 Å². The molecule has 2 atom stereocenters. The number of benzene rings is 1. The Labute approximate surface area is 140 Å². The van der Waals surface area contributed by atoms with E-state index in [1.165, 1.54) is 5.56 Å². The van der Waals surface area contributed by atoms with E-state index in [0.29, 0.717) is 18.5 Å². The smallest absolute Gasteiger partial charge is 0.223 e. The monoisotopic (exact) mass is 318 g/mol. The van der Waals surface area contributed by atoms with Crippen molar-refractivity contribution in [2.24, 2.45) is 11.8 Å². The highest BCUT2D eigenvalue weighted by molar-refractivity contribution is 5.78. The molecule has 128 valence electrons. The summed E-state index contributed by atoms with van der Waals surface area (Å²) in [5.74, 6) is 1.81. The molecule has 1 heterocycles. The van der Waals surface area contributed by atoms with Crippen LogP contribution < -0.4 is 15.4 Å². The fourth-order valence-electron chi connectivity index (χ4n) is 2.86. The minimum absolute atomic E-state index is 0.165. The van der Waals surface area contributed by atoms with Crippen molar-refractivity contribution in [3.63, 3.8) is 0 Å².